The highest BCUT2D eigenvalue weighted by Gasteiger charge is 2.08. The van der Waals surface area contributed by atoms with Gasteiger partial charge in [0.25, 0.3) is 0 Å². The van der Waals surface area contributed by atoms with E-state index in [9.17, 15) is 9.18 Å². The Morgan fingerprint density at radius 1 is 1.29 bits per heavy atom. The van der Waals surface area contributed by atoms with Crippen LogP contribution in [0, 0.1) is 5.82 Å². The molecule has 1 aromatic carbocycles. The number of carbonyl (C=O) groups is 1. The fourth-order valence-corrected chi connectivity index (χ4v) is 1.90. The smallest absolute Gasteiger partial charge is 0.248 e. The summed E-state index contributed by atoms with van der Waals surface area (Å²) in [4.78, 5) is 18.1. The van der Waals surface area contributed by atoms with Gasteiger partial charge in [-0.15, -0.1) is 0 Å². The molecule has 0 unspecified atom stereocenters. The number of aromatic amines is 1. The molecule has 17 heavy (non-hydrogen) atoms. The van der Waals surface area contributed by atoms with Crippen molar-refractivity contribution in [2.75, 3.05) is 0 Å². The van der Waals surface area contributed by atoms with Gasteiger partial charge in [0.15, 0.2) is 0 Å². The number of nitrogens with one attached hydrogen (secondary N) is 1. The minimum absolute atomic E-state index is 0.391. The summed E-state index contributed by atoms with van der Waals surface area (Å²) in [7, 11) is 0. The fraction of sp³-hybridized carbons (Fsp3) is 0. The molecule has 0 aliphatic carbocycles. The van der Waals surface area contributed by atoms with Crippen molar-refractivity contribution in [2.45, 2.75) is 0 Å². The Morgan fingerprint density at radius 2 is 2.12 bits per heavy atom. The third-order valence-corrected chi connectivity index (χ3v) is 2.70. The summed E-state index contributed by atoms with van der Waals surface area (Å²) >= 11 is 0. The van der Waals surface area contributed by atoms with Crippen LogP contribution in [0.2, 0.25) is 0 Å². The first-order chi connectivity index (χ1) is 8.15. The predicted octanol–water partition coefficient (Wildman–Crippen LogP) is 1.95. The predicted molar refractivity (Wildman–Crippen MR) is 62.1 cm³/mol. The summed E-state index contributed by atoms with van der Waals surface area (Å²) < 4.78 is 13.1. The highest BCUT2D eigenvalue weighted by Crippen LogP contribution is 2.25. The Bertz CT molecular complexity index is 748. The van der Waals surface area contributed by atoms with E-state index in [0.717, 1.165) is 17.1 Å². The Balaban J connectivity index is 2.43. The fourth-order valence-electron chi connectivity index (χ4n) is 1.90. The van der Waals surface area contributed by atoms with Crippen LogP contribution in [0.3, 0.4) is 0 Å². The molecule has 3 aromatic rings. The van der Waals surface area contributed by atoms with E-state index in [4.69, 9.17) is 5.73 Å². The van der Waals surface area contributed by atoms with Gasteiger partial charge in [-0.25, -0.2) is 9.37 Å². The zero-order valence-corrected chi connectivity index (χ0v) is 8.70. The van der Waals surface area contributed by atoms with Crippen LogP contribution in [0.15, 0.2) is 30.5 Å². The van der Waals surface area contributed by atoms with Gasteiger partial charge in [0, 0.05) is 21.9 Å². The van der Waals surface area contributed by atoms with Gasteiger partial charge in [-0.05, 0) is 24.3 Å². The van der Waals surface area contributed by atoms with Crippen LogP contribution in [-0.2, 0) is 0 Å². The first kappa shape index (κ1) is 9.77. The van der Waals surface area contributed by atoms with E-state index in [1.807, 2.05) is 0 Å². The zero-order chi connectivity index (χ0) is 12.0. The topological polar surface area (TPSA) is 71.8 Å². The highest BCUT2D eigenvalue weighted by atomic mass is 19.1. The second-order valence-electron chi connectivity index (χ2n) is 3.80. The molecule has 4 nitrogen and oxygen atoms in total. The Kier molecular flexibility index (Phi) is 1.89. The van der Waals surface area contributed by atoms with Crippen molar-refractivity contribution in [2.24, 2.45) is 5.73 Å². The molecule has 0 saturated heterocycles. The molecule has 0 spiro atoms. The maximum atomic E-state index is 13.1. The maximum absolute atomic E-state index is 13.1. The molecule has 0 fully saturated rings. The number of rotatable bonds is 1. The van der Waals surface area contributed by atoms with Crippen LogP contribution >= 0.6 is 0 Å². The molecular weight excluding hydrogens is 221 g/mol. The molecule has 5 heteroatoms. The molecule has 3 rings (SSSR count). The summed E-state index contributed by atoms with van der Waals surface area (Å²) in [6, 6.07) is 6.37. The third-order valence-electron chi connectivity index (χ3n) is 2.70. The van der Waals surface area contributed by atoms with Gasteiger partial charge >= 0.3 is 0 Å². The van der Waals surface area contributed by atoms with E-state index in [1.54, 1.807) is 18.2 Å². The average Bonchev–Trinajstić information content (AvgIpc) is 2.66. The minimum Gasteiger partial charge on any atom is -0.366 e. The summed E-state index contributed by atoms with van der Waals surface area (Å²) in [6.07, 6.45) is 1.15. The summed E-state index contributed by atoms with van der Waals surface area (Å²) in [5, 5.41) is 1.38. The first-order valence-electron chi connectivity index (χ1n) is 5.02. The molecule has 0 bridgehead atoms. The van der Waals surface area contributed by atoms with Crippen molar-refractivity contribution < 1.29 is 9.18 Å². The highest BCUT2D eigenvalue weighted by molar-refractivity contribution is 6.08. The molecule has 0 radical (unpaired) electrons. The molecule has 1 amide bonds. The van der Waals surface area contributed by atoms with Gasteiger partial charge in [-0.3, -0.25) is 4.79 Å². The lowest BCUT2D eigenvalue weighted by molar-refractivity contribution is 0.100. The quantitative estimate of drug-likeness (QED) is 0.669. The second kappa shape index (κ2) is 3.28. The molecule has 0 saturated carbocycles. The van der Waals surface area contributed by atoms with E-state index >= 15 is 0 Å². The molecule has 0 aliphatic rings. The van der Waals surface area contributed by atoms with Gasteiger partial charge in [-0.1, -0.05) is 0 Å². The standard InChI is InChI=1S/C12H8FN3O/c13-7-4-9-8-3-6(11(14)17)1-2-10(8)16-12(9)15-5-7/h1-5H,(H2,14,17)(H,15,16). The van der Waals surface area contributed by atoms with Crippen molar-refractivity contribution in [1.82, 2.24) is 9.97 Å². The van der Waals surface area contributed by atoms with Crippen LogP contribution in [0.4, 0.5) is 4.39 Å². The molecule has 3 N–H and O–H groups in total. The molecule has 0 atom stereocenters. The molecule has 2 aromatic heterocycles. The van der Waals surface area contributed by atoms with Gasteiger partial charge in [-0.2, -0.15) is 0 Å². The van der Waals surface area contributed by atoms with E-state index in [-0.39, 0.29) is 0 Å². The van der Waals surface area contributed by atoms with E-state index in [0.29, 0.717) is 16.6 Å². The molecule has 2 heterocycles. The number of hydrogen-bond donors (Lipinski definition) is 2. The molecule has 84 valence electrons. The Labute approximate surface area is 95.3 Å². The number of primary amides is 1. The van der Waals surface area contributed by atoms with E-state index < -0.39 is 11.7 Å². The largest absolute Gasteiger partial charge is 0.366 e. The van der Waals surface area contributed by atoms with Crippen LogP contribution in [0.5, 0.6) is 0 Å². The van der Waals surface area contributed by atoms with Crippen LogP contribution in [0.25, 0.3) is 21.9 Å². The number of carbonyl (C=O) groups excluding carboxylic acids is 1. The third kappa shape index (κ3) is 1.44. The number of nitrogens with zero attached hydrogens (tertiary/aromatic N) is 1. The summed E-state index contributed by atoms with van der Waals surface area (Å²) in [5.41, 5.74) is 6.98. The number of aromatic nitrogens is 2. The van der Waals surface area contributed by atoms with E-state index in [1.165, 1.54) is 6.07 Å². The first-order valence-corrected chi connectivity index (χ1v) is 5.02. The lowest BCUT2D eigenvalue weighted by Crippen LogP contribution is -2.10. The van der Waals surface area contributed by atoms with Gasteiger partial charge in [0.2, 0.25) is 5.91 Å². The minimum atomic E-state index is -0.509. The molecule has 0 aliphatic heterocycles. The SMILES string of the molecule is NC(=O)c1ccc2[nH]c3ncc(F)cc3c2c1. The summed E-state index contributed by atoms with van der Waals surface area (Å²) in [6.45, 7) is 0. The zero-order valence-electron chi connectivity index (χ0n) is 8.70. The number of amides is 1. The molecular formula is C12H8FN3O. The van der Waals surface area contributed by atoms with Crippen molar-refractivity contribution in [3.63, 3.8) is 0 Å². The number of nitrogens with two attached hydrogens (primary N) is 1. The monoisotopic (exact) mass is 229 g/mol. The number of pyridine rings is 1. The maximum Gasteiger partial charge on any atom is 0.248 e. The van der Waals surface area contributed by atoms with Crippen molar-refractivity contribution in [3.05, 3.63) is 41.8 Å². The number of fused-ring (bicyclic) bond motifs is 3. The van der Waals surface area contributed by atoms with Crippen molar-refractivity contribution in [1.29, 1.82) is 0 Å². The lowest BCUT2D eigenvalue weighted by Gasteiger charge is -1.95. The van der Waals surface area contributed by atoms with E-state index in [2.05, 4.69) is 9.97 Å². The second-order valence-corrected chi connectivity index (χ2v) is 3.80. The van der Waals surface area contributed by atoms with Crippen LogP contribution in [-0.4, -0.2) is 15.9 Å². The van der Waals surface area contributed by atoms with Gasteiger partial charge in [0.1, 0.15) is 11.5 Å². The summed E-state index contributed by atoms with van der Waals surface area (Å²) in [5.74, 6) is -0.923. The number of halogens is 1. The lowest BCUT2D eigenvalue weighted by atomic mass is 10.1. The van der Waals surface area contributed by atoms with Crippen LogP contribution in [0.1, 0.15) is 10.4 Å². The average molecular weight is 229 g/mol. The Hall–Kier alpha value is -2.43. The van der Waals surface area contributed by atoms with Crippen LogP contribution < -0.4 is 5.73 Å². The van der Waals surface area contributed by atoms with Gasteiger partial charge in [0.05, 0.1) is 6.20 Å². The Morgan fingerprint density at radius 3 is 2.88 bits per heavy atom. The van der Waals surface area contributed by atoms with Crippen molar-refractivity contribution >= 4 is 27.8 Å². The normalized spacial score (nSPS) is 11.1. The van der Waals surface area contributed by atoms with Gasteiger partial charge < -0.3 is 10.7 Å². The van der Waals surface area contributed by atoms with Crippen molar-refractivity contribution in [3.8, 4) is 0 Å². The number of H-pyrrole nitrogens is 1. The number of benzene rings is 1. The number of hydrogen-bond acceptors (Lipinski definition) is 2.